The molecular formula is C13H12BrNO3. The summed E-state index contributed by atoms with van der Waals surface area (Å²) in [7, 11) is 0. The zero-order valence-electron chi connectivity index (χ0n) is 9.64. The maximum absolute atomic E-state index is 12.2. The number of halogens is 1. The van der Waals surface area contributed by atoms with Gasteiger partial charge < -0.3 is 9.47 Å². The molecule has 0 N–H and O–H groups in total. The van der Waals surface area contributed by atoms with Gasteiger partial charge in [0.25, 0.3) is 0 Å². The van der Waals surface area contributed by atoms with Gasteiger partial charge in [0.1, 0.15) is 12.0 Å². The van der Waals surface area contributed by atoms with Crippen LogP contribution in [0.1, 0.15) is 11.5 Å². The number of nitriles is 1. The van der Waals surface area contributed by atoms with Crippen molar-refractivity contribution in [3.8, 4) is 6.07 Å². The Labute approximate surface area is 114 Å². The summed E-state index contributed by atoms with van der Waals surface area (Å²) >= 11 is 3.33. The zero-order chi connectivity index (χ0) is 13.0. The molecule has 0 amide bonds. The number of hydrogen-bond acceptors (Lipinski definition) is 4. The predicted molar refractivity (Wildman–Crippen MR) is 68.1 cm³/mol. The number of nitrogens with zero attached hydrogens (tertiary/aromatic N) is 1. The number of carbonyl (C=O) groups excluding carboxylic acids is 1. The first kappa shape index (κ1) is 13.2. The number of ketones is 1. The number of rotatable bonds is 3. The van der Waals surface area contributed by atoms with Gasteiger partial charge in [0.2, 0.25) is 0 Å². The molecule has 0 radical (unpaired) electrons. The van der Waals surface area contributed by atoms with Gasteiger partial charge in [-0.2, -0.15) is 5.26 Å². The van der Waals surface area contributed by atoms with Crippen molar-refractivity contribution < 1.29 is 14.3 Å². The molecule has 2 atom stereocenters. The van der Waals surface area contributed by atoms with E-state index < -0.39 is 12.0 Å². The van der Waals surface area contributed by atoms with E-state index >= 15 is 0 Å². The maximum Gasteiger partial charge on any atom is 0.185 e. The van der Waals surface area contributed by atoms with Crippen LogP contribution in [0.3, 0.4) is 0 Å². The Kier molecular flexibility index (Phi) is 4.48. The van der Waals surface area contributed by atoms with Crippen LogP contribution in [-0.2, 0) is 14.3 Å². The van der Waals surface area contributed by atoms with Crippen LogP contribution in [-0.4, -0.2) is 31.7 Å². The van der Waals surface area contributed by atoms with E-state index in [1.54, 1.807) is 18.2 Å². The Morgan fingerprint density at radius 3 is 2.94 bits per heavy atom. The first-order chi connectivity index (χ1) is 8.72. The molecule has 1 aromatic rings. The van der Waals surface area contributed by atoms with Gasteiger partial charge in [-0.05, 0) is 17.7 Å². The molecule has 0 saturated carbocycles. The molecule has 1 aromatic carbocycles. The lowest BCUT2D eigenvalue weighted by molar-refractivity contribution is -0.145. The molecule has 5 heteroatoms. The van der Waals surface area contributed by atoms with E-state index in [1.807, 2.05) is 12.1 Å². The van der Waals surface area contributed by atoms with Gasteiger partial charge in [-0.3, -0.25) is 4.79 Å². The van der Waals surface area contributed by atoms with Crippen LogP contribution in [0.25, 0.3) is 0 Å². The lowest BCUT2D eigenvalue weighted by Gasteiger charge is -2.23. The van der Waals surface area contributed by atoms with Crippen molar-refractivity contribution in [2.45, 2.75) is 12.0 Å². The third-order valence-corrected chi connectivity index (χ3v) is 3.22. The van der Waals surface area contributed by atoms with Crippen LogP contribution in [0.5, 0.6) is 0 Å². The van der Waals surface area contributed by atoms with Crippen LogP contribution in [0.15, 0.2) is 28.7 Å². The van der Waals surface area contributed by atoms with E-state index in [2.05, 4.69) is 15.9 Å². The van der Waals surface area contributed by atoms with Gasteiger partial charge in [0.15, 0.2) is 5.78 Å². The quantitative estimate of drug-likeness (QED) is 0.857. The molecule has 18 heavy (non-hydrogen) atoms. The summed E-state index contributed by atoms with van der Waals surface area (Å²) in [6, 6.07) is 9.22. The smallest absolute Gasteiger partial charge is 0.185 e. The second kappa shape index (κ2) is 6.10. The minimum Gasteiger partial charge on any atom is -0.376 e. The summed E-state index contributed by atoms with van der Waals surface area (Å²) in [6.07, 6.45) is -0.637. The second-order valence-corrected chi connectivity index (χ2v) is 4.87. The van der Waals surface area contributed by atoms with E-state index in [0.717, 1.165) is 4.47 Å². The largest absolute Gasteiger partial charge is 0.376 e. The Morgan fingerprint density at radius 1 is 1.50 bits per heavy atom. The average molecular weight is 310 g/mol. The Hall–Kier alpha value is -1.22. The fourth-order valence-electron chi connectivity index (χ4n) is 1.83. The van der Waals surface area contributed by atoms with Crippen molar-refractivity contribution >= 4 is 21.7 Å². The van der Waals surface area contributed by atoms with Crippen LogP contribution >= 0.6 is 15.9 Å². The molecule has 2 rings (SSSR count). The standard InChI is InChI=1S/C13H12BrNO3/c14-10-3-1-2-9(6-10)11(7-15)13(16)12-8-17-4-5-18-12/h1-3,6,11-12H,4-5,8H2. The fraction of sp³-hybridized carbons (Fsp3) is 0.385. The van der Waals surface area contributed by atoms with Crippen LogP contribution < -0.4 is 0 Å². The highest BCUT2D eigenvalue weighted by Gasteiger charge is 2.30. The highest BCUT2D eigenvalue weighted by Crippen LogP contribution is 2.23. The number of carbonyl (C=O) groups is 1. The predicted octanol–water partition coefficient (Wildman–Crippen LogP) is 2.04. The molecule has 4 nitrogen and oxygen atoms in total. The molecule has 0 aromatic heterocycles. The van der Waals surface area contributed by atoms with Crippen molar-refractivity contribution in [3.05, 3.63) is 34.3 Å². The molecule has 94 valence electrons. The molecule has 1 heterocycles. The molecule has 1 aliphatic heterocycles. The van der Waals surface area contributed by atoms with E-state index in [0.29, 0.717) is 18.8 Å². The molecular weight excluding hydrogens is 298 g/mol. The molecule has 1 saturated heterocycles. The van der Waals surface area contributed by atoms with Crippen molar-refractivity contribution in [3.63, 3.8) is 0 Å². The molecule has 0 bridgehead atoms. The summed E-state index contributed by atoms with van der Waals surface area (Å²) in [6.45, 7) is 1.12. The van der Waals surface area contributed by atoms with E-state index in [-0.39, 0.29) is 12.4 Å². The van der Waals surface area contributed by atoms with Gasteiger partial charge in [0.05, 0.1) is 25.9 Å². The monoisotopic (exact) mass is 309 g/mol. The van der Waals surface area contributed by atoms with E-state index in [1.165, 1.54) is 0 Å². The summed E-state index contributed by atoms with van der Waals surface area (Å²) in [5.41, 5.74) is 0.672. The van der Waals surface area contributed by atoms with Crippen LogP contribution in [0.4, 0.5) is 0 Å². The van der Waals surface area contributed by atoms with Crippen molar-refractivity contribution in [1.29, 1.82) is 5.26 Å². The molecule has 0 aliphatic carbocycles. The molecule has 2 unspecified atom stereocenters. The van der Waals surface area contributed by atoms with Gasteiger partial charge in [0, 0.05) is 4.47 Å². The van der Waals surface area contributed by atoms with Gasteiger partial charge in [-0.15, -0.1) is 0 Å². The third kappa shape index (κ3) is 2.96. The van der Waals surface area contributed by atoms with Crippen LogP contribution in [0, 0.1) is 11.3 Å². The Balaban J connectivity index is 2.18. The average Bonchev–Trinajstić information content (AvgIpc) is 2.40. The van der Waals surface area contributed by atoms with Crippen molar-refractivity contribution in [2.75, 3.05) is 19.8 Å². The lowest BCUT2D eigenvalue weighted by atomic mass is 9.93. The zero-order valence-corrected chi connectivity index (χ0v) is 11.2. The Bertz CT molecular complexity index is 477. The summed E-state index contributed by atoms with van der Waals surface area (Å²) < 4.78 is 11.4. The number of ether oxygens (including phenoxy) is 2. The van der Waals surface area contributed by atoms with E-state index in [4.69, 9.17) is 9.47 Å². The molecule has 1 fully saturated rings. The summed E-state index contributed by atoms with van der Waals surface area (Å²) in [5.74, 6) is -1.05. The number of benzene rings is 1. The molecule has 1 aliphatic rings. The van der Waals surface area contributed by atoms with Gasteiger partial charge in [-0.25, -0.2) is 0 Å². The highest BCUT2D eigenvalue weighted by molar-refractivity contribution is 9.10. The maximum atomic E-state index is 12.2. The normalized spacial score (nSPS) is 21.0. The minimum absolute atomic E-state index is 0.227. The second-order valence-electron chi connectivity index (χ2n) is 3.95. The van der Waals surface area contributed by atoms with Gasteiger partial charge >= 0.3 is 0 Å². The lowest BCUT2D eigenvalue weighted by Crippen LogP contribution is -2.38. The van der Waals surface area contributed by atoms with Gasteiger partial charge in [-0.1, -0.05) is 28.1 Å². The Morgan fingerprint density at radius 2 is 2.33 bits per heavy atom. The topological polar surface area (TPSA) is 59.3 Å². The summed E-state index contributed by atoms with van der Waals surface area (Å²) in [4.78, 5) is 12.2. The van der Waals surface area contributed by atoms with Crippen molar-refractivity contribution in [1.82, 2.24) is 0 Å². The SMILES string of the molecule is N#CC(C(=O)C1COCCO1)c1cccc(Br)c1. The van der Waals surface area contributed by atoms with Crippen LogP contribution in [0.2, 0.25) is 0 Å². The minimum atomic E-state index is -0.811. The van der Waals surface area contributed by atoms with Crippen molar-refractivity contribution in [2.24, 2.45) is 0 Å². The number of Topliss-reactive ketones (excluding diaryl/α,β-unsaturated/α-hetero) is 1. The van der Waals surface area contributed by atoms with E-state index in [9.17, 15) is 10.1 Å². The first-order valence-corrected chi connectivity index (χ1v) is 6.40. The fourth-order valence-corrected chi connectivity index (χ4v) is 2.24. The first-order valence-electron chi connectivity index (χ1n) is 5.60. The number of hydrogen-bond donors (Lipinski definition) is 0. The third-order valence-electron chi connectivity index (χ3n) is 2.73. The molecule has 0 spiro atoms. The highest BCUT2D eigenvalue weighted by atomic mass is 79.9. The summed E-state index contributed by atoms with van der Waals surface area (Å²) in [5, 5.41) is 9.19.